The second-order valence-electron chi connectivity index (χ2n) is 6.36. The van der Waals surface area contributed by atoms with Gasteiger partial charge < -0.3 is 14.4 Å². The number of piperidine rings is 1. The van der Waals surface area contributed by atoms with Crippen molar-refractivity contribution in [3.63, 3.8) is 0 Å². The molecule has 6 heteroatoms. The van der Waals surface area contributed by atoms with Crippen LogP contribution in [-0.2, 0) is 20.9 Å². The van der Waals surface area contributed by atoms with E-state index in [4.69, 9.17) is 9.47 Å². The number of likely N-dealkylation sites (N-methyl/N-ethyl adjacent to an activating group) is 1. The lowest BCUT2D eigenvalue weighted by molar-refractivity contribution is -0.149. The molecule has 2 rings (SSSR count). The fourth-order valence-corrected chi connectivity index (χ4v) is 3.08. The van der Waals surface area contributed by atoms with Crippen molar-refractivity contribution in [2.24, 2.45) is 5.92 Å². The lowest BCUT2D eigenvalue weighted by Crippen LogP contribution is -2.43. The molecule has 0 unspecified atom stereocenters. The van der Waals surface area contributed by atoms with Gasteiger partial charge in [-0.25, -0.2) is 0 Å². The zero-order chi connectivity index (χ0) is 18.2. The molecule has 1 aliphatic heterocycles. The highest BCUT2D eigenvalue weighted by atomic mass is 16.5. The maximum Gasteiger partial charge on any atom is 0.309 e. The molecule has 0 atom stereocenters. The van der Waals surface area contributed by atoms with Crippen molar-refractivity contribution in [1.29, 1.82) is 0 Å². The second-order valence-corrected chi connectivity index (χ2v) is 6.36. The highest BCUT2D eigenvalue weighted by Gasteiger charge is 2.27. The number of methoxy groups -OCH3 is 1. The molecule has 1 fully saturated rings. The van der Waals surface area contributed by atoms with E-state index in [0.717, 1.165) is 37.2 Å². The first-order valence-corrected chi connectivity index (χ1v) is 8.80. The molecular weight excluding hydrogens is 320 g/mol. The first-order valence-electron chi connectivity index (χ1n) is 8.80. The number of ether oxygens (including phenoxy) is 2. The molecule has 25 heavy (non-hydrogen) atoms. The average molecular weight is 348 g/mol. The third-order valence-corrected chi connectivity index (χ3v) is 4.59. The van der Waals surface area contributed by atoms with Crippen LogP contribution in [-0.4, -0.2) is 62.1 Å². The minimum absolute atomic E-state index is 0.0300. The number of rotatable bonds is 7. The van der Waals surface area contributed by atoms with Crippen LogP contribution in [0.3, 0.4) is 0 Å². The molecular formula is C19H28N2O4. The molecule has 1 aromatic rings. The molecule has 0 aromatic heterocycles. The van der Waals surface area contributed by atoms with E-state index in [1.54, 1.807) is 19.1 Å². The molecule has 0 N–H and O–H groups in total. The normalized spacial score (nSPS) is 15.6. The number of hydrogen-bond acceptors (Lipinski definition) is 5. The van der Waals surface area contributed by atoms with Gasteiger partial charge >= 0.3 is 5.97 Å². The number of para-hydroxylation sites is 1. The van der Waals surface area contributed by atoms with Crippen molar-refractivity contribution < 1.29 is 19.1 Å². The summed E-state index contributed by atoms with van der Waals surface area (Å²) in [6.45, 7) is 4.63. The van der Waals surface area contributed by atoms with Gasteiger partial charge in [-0.3, -0.25) is 14.5 Å². The quantitative estimate of drug-likeness (QED) is 0.705. The number of carbonyl (C=O) groups excluding carboxylic acids is 2. The number of hydrogen-bond donors (Lipinski definition) is 0. The summed E-state index contributed by atoms with van der Waals surface area (Å²) >= 11 is 0. The standard InChI is InChI=1S/C19H28N2O4/c1-4-25-19(23)15-9-11-21(12-10-15)14-18(22)20(2)13-16-7-5-6-8-17(16)24-3/h5-8,15H,4,9-14H2,1-3H3. The number of esters is 1. The van der Waals surface area contributed by atoms with E-state index < -0.39 is 0 Å². The SMILES string of the molecule is CCOC(=O)C1CCN(CC(=O)N(C)Cc2ccccc2OC)CC1. The van der Waals surface area contributed by atoms with Gasteiger partial charge in [0, 0.05) is 19.2 Å². The van der Waals surface area contributed by atoms with E-state index >= 15 is 0 Å². The largest absolute Gasteiger partial charge is 0.496 e. The summed E-state index contributed by atoms with van der Waals surface area (Å²) < 4.78 is 10.4. The van der Waals surface area contributed by atoms with Crippen molar-refractivity contribution in [1.82, 2.24) is 9.80 Å². The molecule has 1 aliphatic rings. The second kappa shape index (κ2) is 9.42. The van der Waals surface area contributed by atoms with Gasteiger partial charge in [0.15, 0.2) is 0 Å². The van der Waals surface area contributed by atoms with Gasteiger partial charge in [-0.1, -0.05) is 18.2 Å². The van der Waals surface area contributed by atoms with Crippen LogP contribution in [0.25, 0.3) is 0 Å². The van der Waals surface area contributed by atoms with Crippen LogP contribution in [0, 0.1) is 5.92 Å². The van der Waals surface area contributed by atoms with Crippen LogP contribution in [0.1, 0.15) is 25.3 Å². The third kappa shape index (κ3) is 5.46. The van der Waals surface area contributed by atoms with Gasteiger partial charge in [-0.05, 0) is 38.9 Å². The molecule has 0 aliphatic carbocycles. The van der Waals surface area contributed by atoms with Crippen molar-refractivity contribution in [2.45, 2.75) is 26.3 Å². The Morgan fingerprint density at radius 2 is 1.92 bits per heavy atom. The molecule has 138 valence electrons. The monoisotopic (exact) mass is 348 g/mol. The molecule has 1 aromatic carbocycles. The fourth-order valence-electron chi connectivity index (χ4n) is 3.08. The number of likely N-dealkylation sites (tertiary alicyclic amines) is 1. The van der Waals surface area contributed by atoms with Crippen molar-refractivity contribution >= 4 is 11.9 Å². The van der Waals surface area contributed by atoms with Crippen LogP contribution in [0.4, 0.5) is 0 Å². The van der Waals surface area contributed by atoms with Crippen molar-refractivity contribution in [3.8, 4) is 5.75 Å². The lowest BCUT2D eigenvalue weighted by atomic mass is 9.97. The van der Waals surface area contributed by atoms with E-state index in [2.05, 4.69) is 4.90 Å². The van der Waals surface area contributed by atoms with Gasteiger partial charge in [0.2, 0.25) is 5.91 Å². The average Bonchev–Trinajstić information content (AvgIpc) is 2.63. The Kier molecular flexibility index (Phi) is 7.25. The summed E-state index contributed by atoms with van der Waals surface area (Å²) in [4.78, 5) is 28.1. The van der Waals surface area contributed by atoms with Gasteiger partial charge in [0.05, 0.1) is 26.2 Å². The Balaban J connectivity index is 1.81. The molecule has 0 spiro atoms. The summed E-state index contributed by atoms with van der Waals surface area (Å²) in [5, 5.41) is 0. The smallest absolute Gasteiger partial charge is 0.309 e. The first kappa shape index (κ1) is 19.2. The zero-order valence-corrected chi connectivity index (χ0v) is 15.4. The van der Waals surface area contributed by atoms with E-state index in [9.17, 15) is 9.59 Å². The third-order valence-electron chi connectivity index (χ3n) is 4.59. The minimum atomic E-state index is -0.109. The molecule has 0 radical (unpaired) electrons. The molecule has 1 saturated heterocycles. The Bertz CT molecular complexity index is 583. The molecule has 1 amide bonds. The zero-order valence-electron chi connectivity index (χ0n) is 15.4. The highest BCUT2D eigenvalue weighted by molar-refractivity contribution is 5.78. The van der Waals surface area contributed by atoms with Gasteiger partial charge in [0.25, 0.3) is 0 Å². The highest BCUT2D eigenvalue weighted by Crippen LogP contribution is 2.20. The Hall–Kier alpha value is -2.08. The summed E-state index contributed by atoms with van der Waals surface area (Å²) in [6.07, 6.45) is 1.50. The Labute approximate surface area is 149 Å². The van der Waals surface area contributed by atoms with Gasteiger partial charge in [-0.2, -0.15) is 0 Å². The van der Waals surface area contributed by atoms with Crippen LogP contribution < -0.4 is 4.74 Å². The molecule has 0 bridgehead atoms. The summed E-state index contributed by atoms with van der Waals surface area (Å²) in [5.41, 5.74) is 0.988. The van der Waals surface area contributed by atoms with Gasteiger partial charge in [-0.15, -0.1) is 0 Å². The number of carbonyl (C=O) groups is 2. The summed E-state index contributed by atoms with van der Waals surface area (Å²) in [5.74, 6) is 0.720. The number of nitrogens with zero attached hydrogens (tertiary/aromatic N) is 2. The van der Waals surface area contributed by atoms with Crippen LogP contribution >= 0.6 is 0 Å². The van der Waals surface area contributed by atoms with E-state index in [1.807, 2.05) is 31.2 Å². The van der Waals surface area contributed by atoms with Crippen LogP contribution in [0.5, 0.6) is 5.75 Å². The van der Waals surface area contributed by atoms with Crippen LogP contribution in [0.15, 0.2) is 24.3 Å². The number of amides is 1. The Morgan fingerprint density at radius 1 is 1.24 bits per heavy atom. The summed E-state index contributed by atoms with van der Waals surface area (Å²) in [7, 11) is 3.44. The maximum absolute atomic E-state index is 12.5. The molecule has 0 saturated carbocycles. The van der Waals surface area contributed by atoms with Crippen molar-refractivity contribution in [2.75, 3.05) is 40.4 Å². The predicted molar refractivity (Wildman–Crippen MR) is 95.3 cm³/mol. The Morgan fingerprint density at radius 3 is 2.56 bits per heavy atom. The van der Waals surface area contributed by atoms with Crippen LogP contribution in [0.2, 0.25) is 0 Å². The maximum atomic E-state index is 12.5. The predicted octanol–water partition coefficient (Wildman–Crippen LogP) is 1.93. The van der Waals surface area contributed by atoms with E-state index in [-0.39, 0.29) is 17.8 Å². The van der Waals surface area contributed by atoms with E-state index in [0.29, 0.717) is 19.7 Å². The first-order chi connectivity index (χ1) is 12.0. The van der Waals surface area contributed by atoms with Gasteiger partial charge in [0.1, 0.15) is 5.75 Å². The molecule has 6 nitrogen and oxygen atoms in total. The minimum Gasteiger partial charge on any atom is -0.496 e. The van der Waals surface area contributed by atoms with E-state index in [1.165, 1.54) is 0 Å². The number of benzene rings is 1. The molecule has 1 heterocycles. The van der Waals surface area contributed by atoms with Crippen molar-refractivity contribution in [3.05, 3.63) is 29.8 Å². The fraction of sp³-hybridized carbons (Fsp3) is 0.579. The topological polar surface area (TPSA) is 59.1 Å². The summed E-state index contributed by atoms with van der Waals surface area (Å²) in [6, 6.07) is 7.72. The lowest BCUT2D eigenvalue weighted by Gasteiger charge is -2.31.